The lowest BCUT2D eigenvalue weighted by Crippen LogP contribution is -2.69. The van der Waals surface area contributed by atoms with Gasteiger partial charge < -0.3 is 29.7 Å². The van der Waals surface area contributed by atoms with E-state index in [2.05, 4.69) is 21.9 Å². The van der Waals surface area contributed by atoms with Crippen LogP contribution >= 0.6 is 11.9 Å². The summed E-state index contributed by atoms with van der Waals surface area (Å²) in [6.45, 7) is 9.61. The Hall–Kier alpha value is -4.07. The number of amides is 4. The van der Waals surface area contributed by atoms with E-state index in [0.717, 1.165) is 50.5 Å². The van der Waals surface area contributed by atoms with Crippen molar-refractivity contribution in [1.29, 1.82) is 0 Å². The van der Waals surface area contributed by atoms with Gasteiger partial charge in [0.05, 0.1) is 24.7 Å². The average Bonchev–Trinajstić information content (AvgIpc) is 4.04. The Kier molecular flexibility index (Phi) is 10.5. The first-order chi connectivity index (χ1) is 25.4. The number of aryl methyl sites for hydroxylation is 1. The van der Waals surface area contributed by atoms with Crippen molar-refractivity contribution < 1.29 is 33.4 Å². The molecule has 53 heavy (non-hydrogen) atoms. The van der Waals surface area contributed by atoms with Gasteiger partial charge in [-0.25, -0.2) is 14.8 Å². The van der Waals surface area contributed by atoms with Gasteiger partial charge in [0.15, 0.2) is 0 Å². The number of nitrogens with zero attached hydrogens (tertiary/aromatic N) is 3. The minimum absolute atomic E-state index is 0.0593. The molecular weight excluding hydrogens is 697 g/mol. The van der Waals surface area contributed by atoms with Gasteiger partial charge in [0, 0.05) is 23.7 Å². The number of aromatic nitrogens is 2. The fourth-order valence-electron chi connectivity index (χ4n) is 7.75. The summed E-state index contributed by atoms with van der Waals surface area (Å²) in [4.78, 5) is 67.4. The molecule has 0 spiro atoms. The SMILES string of the molecule is C=CC1CCC1(NC(=O)C1CC2CN1C(=O)C(C(C)(C)C)NC(=O)OC1CC1CCCCCc1nc3ccc(OC)cc3nc1O2)C(=O)NSC1CC1. The quantitative estimate of drug-likeness (QED) is 0.260. The number of rotatable bonds is 7. The molecule has 7 rings (SSSR count). The Labute approximate surface area is 315 Å². The molecule has 13 nitrogen and oxygen atoms in total. The van der Waals surface area contributed by atoms with Crippen LogP contribution in [0.3, 0.4) is 0 Å². The fourth-order valence-corrected chi connectivity index (χ4v) is 8.58. The summed E-state index contributed by atoms with van der Waals surface area (Å²) in [6.07, 6.45) is 8.89. The molecule has 7 atom stereocenters. The summed E-state index contributed by atoms with van der Waals surface area (Å²) in [5.41, 5.74) is 0.146. The number of ether oxygens (including phenoxy) is 3. The first kappa shape index (κ1) is 37.3. The van der Waals surface area contributed by atoms with Gasteiger partial charge >= 0.3 is 6.09 Å². The van der Waals surface area contributed by atoms with Crippen LogP contribution in [-0.4, -0.2) is 87.4 Å². The molecule has 0 radical (unpaired) electrons. The maximum atomic E-state index is 14.7. The van der Waals surface area contributed by atoms with Crippen LogP contribution < -0.4 is 24.8 Å². The predicted molar refractivity (Wildman–Crippen MR) is 200 cm³/mol. The first-order valence-corrected chi connectivity index (χ1v) is 20.0. The van der Waals surface area contributed by atoms with Crippen LogP contribution in [0.5, 0.6) is 11.6 Å². The van der Waals surface area contributed by atoms with Gasteiger partial charge in [-0.3, -0.25) is 19.1 Å². The monoisotopic (exact) mass is 748 g/mol. The third-order valence-electron chi connectivity index (χ3n) is 11.4. The molecule has 14 heteroatoms. The highest BCUT2D eigenvalue weighted by atomic mass is 32.2. The second-order valence-corrected chi connectivity index (χ2v) is 17.5. The van der Waals surface area contributed by atoms with E-state index in [1.165, 1.54) is 16.8 Å². The van der Waals surface area contributed by atoms with Crippen molar-refractivity contribution in [2.45, 2.75) is 126 Å². The number of hydrogen-bond donors (Lipinski definition) is 3. The zero-order valence-corrected chi connectivity index (χ0v) is 32.0. The number of methoxy groups -OCH3 is 1. The van der Waals surface area contributed by atoms with Gasteiger partial charge in [0.1, 0.15) is 41.3 Å². The zero-order valence-electron chi connectivity index (χ0n) is 31.2. The van der Waals surface area contributed by atoms with E-state index < -0.39 is 47.0 Å². The Morgan fingerprint density at radius 1 is 1.08 bits per heavy atom. The van der Waals surface area contributed by atoms with Crippen LogP contribution in [-0.2, 0) is 25.5 Å². The molecule has 2 aliphatic heterocycles. The number of fused-ring (bicyclic) bond motifs is 5. The number of carbonyl (C=O) groups excluding carboxylic acids is 4. The fraction of sp³-hybridized carbons (Fsp3) is 0.641. The summed E-state index contributed by atoms with van der Waals surface area (Å²) < 4.78 is 20.8. The van der Waals surface area contributed by atoms with Crippen LogP contribution in [0.15, 0.2) is 30.9 Å². The molecule has 1 aromatic heterocycles. The number of alkyl carbamates (subject to hydrolysis) is 1. The second-order valence-electron chi connectivity index (χ2n) is 16.4. The van der Waals surface area contributed by atoms with Gasteiger partial charge in [0.25, 0.3) is 5.91 Å². The van der Waals surface area contributed by atoms with Crippen molar-refractivity contribution in [3.63, 3.8) is 0 Å². The molecule has 3 aliphatic carbocycles. The molecule has 2 bridgehead atoms. The average molecular weight is 749 g/mol. The lowest BCUT2D eigenvalue weighted by molar-refractivity contribution is -0.145. The molecule has 2 aromatic rings. The lowest BCUT2D eigenvalue weighted by atomic mass is 9.66. The number of carbonyl (C=O) groups is 4. The Morgan fingerprint density at radius 3 is 2.58 bits per heavy atom. The minimum Gasteiger partial charge on any atom is -0.497 e. The molecule has 7 unspecified atom stereocenters. The van der Waals surface area contributed by atoms with Gasteiger partial charge in [-0.2, -0.15) is 0 Å². The highest BCUT2D eigenvalue weighted by molar-refractivity contribution is 7.98. The van der Waals surface area contributed by atoms with E-state index in [0.29, 0.717) is 53.3 Å². The Morgan fingerprint density at radius 2 is 1.89 bits per heavy atom. The van der Waals surface area contributed by atoms with Crippen molar-refractivity contribution in [2.24, 2.45) is 17.3 Å². The van der Waals surface area contributed by atoms with Crippen molar-refractivity contribution in [3.05, 3.63) is 36.5 Å². The van der Waals surface area contributed by atoms with Gasteiger partial charge in [-0.05, 0) is 86.8 Å². The summed E-state index contributed by atoms with van der Waals surface area (Å²) >= 11 is 1.40. The summed E-state index contributed by atoms with van der Waals surface area (Å²) in [7, 11) is 1.60. The van der Waals surface area contributed by atoms with E-state index in [1.807, 2.05) is 39.0 Å². The van der Waals surface area contributed by atoms with Gasteiger partial charge in [0.2, 0.25) is 17.7 Å². The number of nitrogens with one attached hydrogen (secondary N) is 3. The Bertz CT molecular complexity index is 1760. The molecule has 3 saturated carbocycles. The third kappa shape index (κ3) is 8.07. The van der Waals surface area contributed by atoms with E-state index in [9.17, 15) is 19.2 Å². The van der Waals surface area contributed by atoms with Crippen LogP contribution in [0.1, 0.15) is 90.7 Å². The van der Waals surface area contributed by atoms with Gasteiger partial charge in [-0.1, -0.05) is 39.7 Å². The van der Waals surface area contributed by atoms with E-state index in [4.69, 9.17) is 24.2 Å². The van der Waals surface area contributed by atoms with Crippen LogP contribution in [0.2, 0.25) is 0 Å². The Balaban J connectivity index is 1.22. The van der Waals surface area contributed by atoms with Crippen LogP contribution in [0.25, 0.3) is 11.0 Å². The van der Waals surface area contributed by atoms with Crippen LogP contribution in [0, 0.1) is 17.3 Å². The predicted octanol–water partition coefficient (Wildman–Crippen LogP) is 5.01. The summed E-state index contributed by atoms with van der Waals surface area (Å²) in [5.74, 6) is -0.116. The topological polar surface area (TPSA) is 161 Å². The third-order valence-corrected chi connectivity index (χ3v) is 12.5. The largest absolute Gasteiger partial charge is 0.497 e. The molecule has 5 aliphatic rings. The molecule has 286 valence electrons. The number of hydrogen-bond acceptors (Lipinski definition) is 10. The molecule has 1 saturated heterocycles. The first-order valence-electron chi connectivity index (χ1n) is 19.1. The smallest absolute Gasteiger partial charge is 0.408 e. The number of benzene rings is 1. The van der Waals surface area contributed by atoms with Crippen molar-refractivity contribution in [2.75, 3.05) is 13.7 Å². The molecule has 4 fully saturated rings. The molecule has 3 N–H and O–H groups in total. The van der Waals surface area contributed by atoms with Crippen molar-refractivity contribution in [3.8, 4) is 11.6 Å². The highest BCUT2D eigenvalue weighted by Crippen LogP contribution is 2.42. The van der Waals surface area contributed by atoms with Crippen molar-refractivity contribution in [1.82, 2.24) is 30.2 Å². The maximum absolute atomic E-state index is 14.7. The van der Waals surface area contributed by atoms with Crippen molar-refractivity contribution >= 4 is 46.8 Å². The molecule has 1 aromatic carbocycles. The van der Waals surface area contributed by atoms with E-state index in [-0.39, 0.29) is 30.9 Å². The minimum atomic E-state index is -1.18. The molecule has 3 heterocycles. The highest BCUT2D eigenvalue weighted by Gasteiger charge is 2.55. The zero-order chi connectivity index (χ0) is 37.5. The summed E-state index contributed by atoms with van der Waals surface area (Å²) in [6, 6.07) is 3.55. The van der Waals surface area contributed by atoms with Gasteiger partial charge in [-0.15, -0.1) is 6.58 Å². The second kappa shape index (κ2) is 15.0. The standard InChI is InChI=1S/C39H52N6O7S/c1-6-23-16-17-39(23,36(48)44-53-26-13-14-26)43-33(46)30-20-25-21-45(30)35(47)32(38(2,3)4)42-37(49)52-31-18-22(31)10-8-7-9-11-28-34(51-25)41-29-19-24(50-5)12-15-27(29)40-28/h6,12,15,19,22-23,25-26,30-32H,1,7-11,13-14,16-18,20-21H2,2-5H3,(H,42,49)(H,43,46)(H,44,48). The lowest BCUT2D eigenvalue weighted by Gasteiger charge is -2.47. The van der Waals surface area contributed by atoms with Crippen LogP contribution in [0.4, 0.5) is 4.79 Å². The maximum Gasteiger partial charge on any atom is 0.408 e. The normalized spacial score (nSPS) is 30.5. The van der Waals surface area contributed by atoms with E-state index >= 15 is 0 Å². The molecular formula is C39H52N6O7S. The molecule has 4 amide bonds. The van der Waals surface area contributed by atoms with E-state index in [1.54, 1.807) is 13.2 Å². The summed E-state index contributed by atoms with van der Waals surface area (Å²) in [5, 5.41) is 6.33.